The summed E-state index contributed by atoms with van der Waals surface area (Å²) in [5.41, 5.74) is 4.63. The first-order valence-electron chi connectivity index (χ1n) is 8.29. The van der Waals surface area contributed by atoms with Crippen LogP contribution in [0.25, 0.3) is 22.8 Å². The molecule has 3 aromatic rings. The average Bonchev–Trinajstić information content (AvgIpc) is 3.16. The number of rotatable bonds is 3. The molecule has 27 heavy (non-hydrogen) atoms. The van der Waals surface area contributed by atoms with Crippen molar-refractivity contribution in [3.8, 4) is 11.1 Å². The van der Waals surface area contributed by atoms with Gasteiger partial charge in [-0.25, -0.2) is 9.18 Å². The summed E-state index contributed by atoms with van der Waals surface area (Å²) in [7, 11) is 0. The summed E-state index contributed by atoms with van der Waals surface area (Å²) in [6, 6.07) is 11.5. The van der Waals surface area contributed by atoms with Crippen molar-refractivity contribution in [3.63, 3.8) is 0 Å². The molecule has 0 spiro atoms. The van der Waals surface area contributed by atoms with Crippen LogP contribution >= 0.6 is 0 Å². The van der Waals surface area contributed by atoms with Crippen molar-refractivity contribution in [3.05, 3.63) is 76.9 Å². The van der Waals surface area contributed by atoms with Crippen LogP contribution in [0, 0.1) is 12.7 Å². The van der Waals surface area contributed by atoms with Crippen molar-refractivity contribution in [2.75, 3.05) is 5.32 Å². The number of carbonyl (C=O) groups excluding carboxylic acids is 1. The van der Waals surface area contributed by atoms with E-state index in [0.29, 0.717) is 28.1 Å². The minimum Gasteiger partial charge on any atom is -0.478 e. The second-order valence-electron chi connectivity index (χ2n) is 6.29. The molecule has 5 nitrogen and oxygen atoms in total. The molecule has 0 aliphatic carbocycles. The zero-order valence-corrected chi connectivity index (χ0v) is 14.3. The number of fused-ring (bicyclic) bond motifs is 1. The Labute approximate surface area is 154 Å². The SMILES string of the molecule is Cc1c(C(=O)O)c[nH]c1C=C1C(=O)Nc2cccc(-c3ccc(F)cc3)c21. The van der Waals surface area contributed by atoms with E-state index < -0.39 is 5.97 Å². The number of H-pyrrole nitrogens is 1. The molecule has 1 amide bonds. The maximum atomic E-state index is 13.3. The van der Waals surface area contributed by atoms with Gasteiger partial charge in [-0.3, -0.25) is 4.79 Å². The predicted molar refractivity (Wildman–Crippen MR) is 101 cm³/mol. The molecule has 0 bridgehead atoms. The van der Waals surface area contributed by atoms with Gasteiger partial charge in [0.15, 0.2) is 0 Å². The number of amides is 1. The predicted octanol–water partition coefficient (Wildman–Crippen LogP) is 4.32. The molecule has 134 valence electrons. The standard InChI is InChI=1S/C21H15FN2O3/c1-11-16(21(26)27)10-23-18(11)9-15-19-14(12-5-7-13(22)8-6-12)3-2-4-17(19)24-20(15)25/h2-10,23H,1H3,(H,24,25)(H,26,27). The highest BCUT2D eigenvalue weighted by molar-refractivity contribution is 6.36. The van der Waals surface area contributed by atoms with Crippen molar-refractivity contribution >= 4 is 29.2 Å². The number of benzene rings is 2. The fraction of sp³-hybridized carbons (Fsp3) is 0.0476. The summed E-state index contributed by atoms with van der Waals surface area (Å²) in [6.45, 7) is 1.69. The maximum absolute atomic E-state index is 13.3. The number of aromatic carboxylic acids is 1. The van der Waals surface area contributed by atoms with Crippen LogP contribution in [-0.2, 0) is 4.79 Å². The Morgan fingerprint density at radius 3 is 2.56 bits per heavy atom. The van der Waals surface area contributed by atoms with Gasteiger partial charge in [0.05, 0.1) is 11.1 Å². The number of hydrogen-bond acceptors (Lipinski definition) is 2. The second kappa shape index (κ2) is 6.25. The van der Waals surface area contributed by atoms with Crippen LogP contribution in [0.5, 0.6) is 0 Å². The van der Waals surface area contributed by atoms with E-state index in [9.17, 15) is 19.1 Å². The summed E-state index contributed by atoms with van der Waals surface area (Å²) >= 11 is 0. The van der Waals surface area contributed by atoms with Crippen LogP contribution in [-0.4, -0.2) is 22.0 Å². The molecule has 0 radical (unpaired) electrons. The van der Waals surface area contributed by atoms with Crippen molar-refractivity contribution in [1.29, 1.82) is 0 Å². The van der Waals surface area contributed by atoms with Gasteiger partial charge in [-0.1, -0.05) is 24.3 Å². The normalized spacial score (nSPS) is 14.3. The smallest absolute Gasteiger partial charge is 0.337 e. The second-order valence-corrected chi connectivity index (χ2v) is 6.29. The number of anilines is 1. The number of carboxylic acid groups (broad SMARTS) is 1. The molecule has 6 heteroatoms. The summed E-state index contributed by atoms with van der Waals surface area (Å²) in [4.78, 5) is 26.7. The Bertz CT molecular complexity index is 1110. The van der Waals surface area contributed by atoms with Crippen molar-refractivity contribution in [2.24, 2.45) is 0 Å². The van der Waals surface area contributed by atoms with Gasteiger partial charge in [0, 0.05) is 23.1 Å². The molecule has 0 atom stereocenters. The van der Waals surface area contributed by atoms with Gasteiger partial charge in [0.1, 0.15) is 5.82 Å². The molecule has 1 aliphatic rings. The zero-order valence-electron chi connectivity index (χ0n) is 14.3. The molecule has 0 fully saturated rings. The van der Waals surface area contributed by atoms with Crippen LogP contribution in [0.1, 0.15) is 27.2 Å². The highest BCUT2D eigenvalue weighted by atomic mass is 19.1. The fourth-order valence-electron chi connectivity index (χ4n) is 3.29. The average molecular weight is 362 g/mol. The molecule has 3 N–H and O–H groups in total. The van der Waals surface area contributed by atoms with Gasteiger partial charge in [-0.05, 0) is 47.9 Å². The van der Waals surface area contributed by atoms with Gasteiger partial charge in [-0.2, -0.15) is 0 Å². The van der Waals surface area contributed by atoms with Crippen LogP contribution in [0.2, 0.25) is 0 Å². The van der Waals surface area contributed by atoms with Gasteiger partial charge >= 0.3 is 5.97 Å². The summed E-state index contributed by atoms with van der Waals surface area (Å²) in [5, 5.41) is 12.0. The maximum Gasteiger partial charge on any atom is 0.337 e. The molecule has 0 unspecified atom stereocenters. The number of carboxylic acids is 1. The van der Waals surface area contributed by atoms with E-state index in [4.69, 9.17) is 0 Å². The van der Waals surface area contributed by atoms with Gasteiger partial charge in [-0.15, -0.1) is 0 Å². The molecule has 2 heterocycles. The third-order valence-electron chi connectivity index (χ3n) is 4.68. The topological polar surface area (TPSA) is 82.2 Å². The van der Waals surface area contributed by atoms with E-state index in [0.717, 1.165) is 11.1 Å². The lowest BCUT2D eigenvalue weighted by Gasteiger charge is -2.09. The Balaban J connectivity index is 1.88. The van der Waals surface area contributed by atoms with E-state index >= 15 is 0 Å². The molecule has 0 saturated carbocycles. The Morgan fingerprint density at radius 1 is 1.15 bits per heavy atom. The lowest BCUT2D eigenvalue weighted by Crippen LogP contribution is -2.03. The Hall–Kier alpha value is -3.67. The largest absolute Gasteiger partial charge is 0.478 e. The number of aromatic amines is 1. The number of hydrogen-bond donors (Lipinski definition) is 3. The monoisotopic (exact) mass is 362 g/mol. The molecular weight excluding hydrogens is 347 g/mol. The molecule has 1 aromatic heterocycles. The van der Waals surface area contributed by atoms with Gasteiger partial charge in [0.2, 0.25) is 0 Å². The van der Waals surface area contributed by atoms with Crippen LogP contribution in [0.3, 0.4) is 0 Å². The number of carbonyl (C=O) groups is 2. The van der Waals surface area contributed by atoms with Gasteiger partial charge in [0.25, 0.3) is 5.91 Å². The lowest BCUT2D eigenvalue weighted by molar-refractivity contribution is -0.110. The third-order valence-corrected chi connectivity index (χ3v) is 4.68. The number of halogens is 1. The summed E-state index contributed by atoms with van der Waals surface area (Å²) < 4.78 is 13.3. The molecular formula is C21H15FN2O3. The third kappa shape index (κ3) is 2.81. The Morgan fingerprint density at radius 2 is 1.89 bits per heavy atom. The van der Waals surface area contributed by atoms with Crippen LogP contribution < -0.4 is 5.32 Å². The first-order chi connectivity index (χ1) is 13.0. The molecule has 2 aromatic carbocycles. The summed E-state index contributed by atoms with van der Waals surface area (Å²) in [6.07, 6.45) is 3.06. The first-order valence-corrected chi connectivity index (χ1v) is 8.29. The van der Waals surface area contributed by atoms with Crippen LogP contribution in [0.15, 0.2) is 48.7 Å². The minimum atomic E-state index is -1.03. The van der Waals surface area contributed by atoms with E-state index in [1.54, 1.807) is 31.2 Å². The lowest BCUT2D eigenvalue weighted by atomic mass is 9.94. The van der Waals surface area contributed by atoms with E-state index in [2.05, 4.69) is 10.3 Å². The highest BCUT2D eigenvalue weighted by Crippen LogP contribution is 2.40. The van der Waals surface area contributed by atoms with Crippen molar-refractivity contribution < 1.29 is 19.1 Å². The Kier molecular flexibility index (Phi) is 3.88. The molecule has 4 rings (SSSR count). The van der Waals surface area contributed by atoms with Crippen molar-refractivity contribution in [2.45, 2.75) is 6.92 Å². The summed E-state index contributed by atoms with van der Waals surface area (Å²) in [5.74, 6) is -1.64. The van der Waals surface area contributed by atoms with E-state index in [1.165, 1.54) is 18.3 Å². The molecule has 1 aliphatic heterocycles. The van der Waals surface area contributed by atoms with Crippen LogP contribution in [0.4, 0.5) is 10.1 Å². The quantitative estimate of drug-likeness (QED) is 0.607. The zero-order chi connectivity index (χ0) is 19.1. The first kappa shape index (κ1) is 16.8. The number of aromatic nitrogens is 1. The van der Waals surface area contributed by atoms with E-state index in [1.807, 2.05) is 12.1 Å². The van der Waals surface area contributed by atoms with Gasteiger partial charge < -0.3 is 15.4 Å². The van der Waals surface area contributed by atoms with E-state index in [-0.39, 0.29) is 17.3 Å². The minimum absolute atomic E-state index is 0.160. The molecule has 0 saturated heterocycles. The highest BCUT2D eigenvalue weighted by Gasteiger charge is 2.28. The van der Waals surface area contributed by atoms with Crippen molar-refractivity contribution in [1.82, 2.24) is 4.98 Å². The number of nitrogens with one attached hydrogen (secondary N) is 2. The fourth-order valence-corrected chi connectivity index (χ4v) is 3.29.